The molecule has 1 unspecified atom stereocenters. The van der Waals surface area contributed by atoms with Gasteiger partial charge in [0.05, 0.1) is 11.7 Å². The zero-order valence-electron chi connectivity index (χ0n) is 10.9. The van der Waals surface area contributed by atoms with Gasteiger partial charge in [0.25, 0.3) is 0 Å². The molecule has 19 heavy (non-hydrogen) atoms. The molecule has 2 rings (SSSR count). The van der Waals surface area contributed by atoms with Crippen LogP contribution in [0, 0.1) is 5.82 Å². The molecule has 6 heteroatoms. The monoisotopic (exact) mass is 326 g/mol. The number of aromatic nitrogens is 3. The Morgan fingerprint density at radius 1 is 1.42 bits per heavy atom. The molecule has 0 spiro atoms. The summed E-state index contributed by atoms with van der Waals surface area (Å²) < 4.78 is 16.2. The highest BCUT2D eigenvalue weighted by Crippen LogP contribution is 2.23. The first-order chi connectivity index (χ1) is 9.08. The molecule has 1 aromatic heterocycles. The maximum Gasteiger partial charge on any atom is 0.150 e. The maximum absolute atomic E-state index is 14.0. The highest BCUT2D eigenvalue weighted by Gasteiger charge is 2.19. The summed E-state index contributed by atoms with van der Waals surface area (Å²) >= 11 is 3.24. The average Bonchev–Trinajstić information content (AvgIpc) is 2.81. The van der Waals surface area contributed by atoms with Gasteiger partial charge in [-0.15, -0.1) is 5.10 Å². The highest BCUT2D eigenvalue weighted by atomic mass is 79.9. The van der Waals surface area contributed by atoms with Gasteiger partial charge in [-0.3, -0.25) is 0 Å². The molecule has 0 aliphatic carbocycles. The van der Waals surface area contributed by atoms with Crippen LogP contribution in [0.25, 0.3) is 5.69 Å². The molecule has 0 radical (unpaired) electrons. The lowest BCUT2D eigenvalue weighted by atomic mass is 10.1. The highest BCUT2D eigenvalue weighted by molar-refractivity contribution is 9.10. The van der Waals surface area contributed by atoms with E-state index in [0.717, 1.165) is 17.8 Å². The lowest BCUT2D eigenvalue weighted by Crippen LogP contribution is -2.12. The van der Waals surface area contributed by atoms with Gasteiger partial charge in [0, 0.05) is 4.47 Å². The summed E-state index contributed by atoms with van der Waals surface area (Å²) in [5, 5.41) is 8.16. The van der Waals surface area contributed by atoms with Crippen molar-refractivity contribution in [2.45, 2.75) is 32.7 Å². The standard InChI is InChI=1S/C13H16BrFN4/c1-3-10(16)13-11(4-2)19(18-17-13)12-6-5-8(14)7-9(12)15/h5-7,10H,3-4,16H2,1-2H3. The molecular formula is C13H16BrFN4. The minimum atomic E-state index is -0.342. The summed E-state index contributed by atoms with van der Waals surface area (Å²) in [5.74, 6) is -0.342. The molecule has 0 fully saturated rings. The minimum absolute atomic E-state index is 0.165. The van der Waals surface area contributed by atoms with Crippen molar-refractivity contribution in [1.82, 2.24) is 15.0 Å². The fourth-order valence-electron chi connectivity index (χ4n) is 1.97. The van der Waals surface area contributed by atoms with Gasteiger partial charge in [0.1, 0.15) is 17.2 Å². The molecule has 0 bridgehead atoms. The topological polar surface area (TPSA) is 56.7 Å². The first-order valence-corrected chi connectivity index (χ1v) is 7.03. The summed E-state index contributed by atoms with van der Waals surface area (Å²) in [6.07, 6.45) is 1.47. The van der Waals surface area contributed by atoms with Crippen molar-refractivity contribution < 1.29 is 4.39 Å². The van der Waals surface area contributed by atoms with Gasteiger partial charge in [-0.25, -0.2) is 9.07 Å². The second-order valence-electron chi connectivity index (χ2n) is 4.30. The van der Waals surface area contributed by atoms with E-state index in [1.54, 1.807) is 12.1 Å². The minimum Gasteiger partial charge on any atom is -0.323 e. The smallest absolute Gasteiger partial charge is 0.150 e. The van der Waals surface area contributed by atoms with Crippen LogP contribution in [-0.2, 0) is 6.42 Å². The van der Waals surface area contributed by atoms with E-state index >= 15 is 0 Å². The molecule has 2 N–H and O–H groups in total. The molecule has 102 valence electrons. The Labute approximate surface area is 119 Å². The van der Waals surface area contributed by atoms with Crippen LogP contribution in [-0.4, -0.2) is 15.0 Å². The average molecular weight is 327 g/mol. The van der Waals surface area contributed by atoms with Gasteiger partial charge in [0.2, 0.25) is 0 Å². The predicted octanol–water partition coefficient (Wildman–Crippen LogP) is 3.14. The fourth-order valence-corrected chi connectivity index (χ4v) is 2.31. The Morgan fingerprint density at radius 2 is 2.16 bits per heavy atom. The number of hydrogen-bond acceptors (Lipinski definition) is 3. The van der Waals surface area contributed by atoms with E-state index in [1.807, 2.05) is 13.8 Å². The van der Waals surface area contributed by atoms with Crippen LogP contribution in [0.2, 0.25) is 0 Å². The lowest BCUT2D eigenvalue weighted by Gasteiger charge is -2.10. The third-order valence-corrected chi connectivity index (χ3v) is 3.55. The van der Waals surface area contributed by atoms with Crippen molar-refractivity contribution in [2.24, 2.45) is 5.73 Å². The normalized spacial score (nSPS) is 12.7. The van der Waals surface area contributed by atoms with Crippen LogP contribution in [0.5, 0.6) is 0 Å². The Balaban J connectivity index is 2.53. The Bertz CT molecular complexity index is 582. The zero-order chi connectivity index (χ0) is 14.0. The predicted molar refractivity (Wildman–Crippen MR) is 75.6 cm³/mol. The van der Waals surface area contributed by atoms with Gasteiger partial charge < -0.3 is 5.73 Å². The summed E-state index contributed by atoms with van der Waals surface area (Å²) in [6, 6.07) is 4.70. The van der Waals surface area contributed by atoms with E-state index in [9.17, 15) is 4.39 Å². The molecule has 0 aliphatic rings. The van der Waals surface area contributed by atoms with Crippen LogP contribution in [0.15, 0.2) is 22.7 Å². The summed E-state index contributed by atoms with van der Waals surface area (Å²) in [7, 11) is 0. The summed E-state index contributed by atoms with van der Waals surface area (Å²) in [4.78, 5) is 0. The van der Waals surface area contributed by atoms with E-state index in [-0.39, 0.29) is 11.9 Å². The Morgan fingerprint density at radius 3 is 2.74 bits per heavy atom. The van der Waals surface area contributed by atoms with E-state index in [4.69, 9.17) is 5.73 Å². The summed E-state index contributed by atoms with van der Waals surface area (Å²) in [6.45, 7) is 3.97. The van der Waals surface area contributed by atoms with Crippen LogP contribution < -0.4 is 5.73 Å². The van der Waals surface area contributed by atoms with Crippen molar-refractivity contribution in [1.29, 1.82) is 0 Å². The van der Waals surface area contributed by atoms with Crippen LogP contribution in [0.4, 0.5) is 4.39 Å². The quantitative estimate of drug-likeness (QED) is 0.938. The van der Waals surface area contributed by atoms with Crippen molar-refractivity contribution in [3.8, 4) is 5.69 Å². The first-order valence-electron chi connectivity index (χ1n) is 6.23. The second kappa shape index (κ2) is 5.79. The van der Waals surface area contributed by atoms with Crippen molar-refractivity contribution in [2.75, 3.05) is 0 Å². The van der Waals surface area contributed by atoms with Gasteiger partial charge >= 0.3 is 0 Å². The van der Waals surface area contributed by atoms with Gasteiger partial charge in [-0.2, -0.15) is 0 Å². The fraction of sp³-hybridized carbons (Fsp3) is 0.385. The number of benzene rings is 1. The van der Waals surface area contributed by atoms with Gasteiger partial charge in [-0.1, -0.05) is 35.0 Å². The molecule has 1 atom stereocenters. The molecule has 4 nitrogen and oxygen atoms in total. The van der Waals surface area contributed by atoms with E-state index in [1.165, 1.54) is 10.7 Å². The first kappa shape index (κ1) is 14.1. The summed E-state index contributed by atoms with van der Waals surface area (Å²) in [5.41, 5.74) is 8.00. The number of nitrogens with two attached hydrogens (primary N) is 1. The SMILES string of the molecule is CCc1c(C(N)CC)nnn1-c1ccc(Br)cc1F. The Kier molecular flexibility index (Phi) is 4.31. The molecule has 2 aromatic rings. The molecule has 0 aliphatic heterocycles. The zero-order valence-corrected chi connectivity index (χ0v) is 12.5. The third-order valence-electron chi connectivity index (χ3n) is 3.06. The molecule has 0 saturated heterocycles. The van der Waals surface area contributed by atoms with Crippen LogP contribution >= 0.6 is 15.9 Å². The van der Waals surface area contributed by atoms with E-state index < -0.39 is 0 Å². The van der Waals surface area contributed by atoms with Crippen LogP contribution in [0.3, 0.4) is 0 Å². The maximum atomic E-state index is 14.0. The third kappa shape index (κ3) is 2.69. The number of halogens is 2. The van der Waals surface area contributed by atoms with Gasteiger partial charge in [-0.05, 0) is 31.0 Å². The van der Waals surface area contributed by atoms with Crippen molar-refractivity contribution in [3.05, 3.63) is 39.9 Å². The lowest BCUT2D eigenvalue weighted by molar-refractivity contribution is 0.602. The Hall–Kier alpha value is -1.27. The largest absolute Gasteiger partial charge is 0.323 e. The molecule has 0 amide bonds. The van der Waals surface area contributed by atoms with E-state index in [2.05, 4.69) is 26.2 Å². The number of rotatable bonds is 4. The molecular weight excluding hydrogens is 311 g/mol. The second-order valence-corrected chi connectivity index (χ2v) is 5.21. The van der Waals surface area contributed by atoms with Crippen LogP contribution in [0.1, 0.15) is 37.7 Å². The number of nitrogens with zero attached hydrogens (tertiary/aromatic N) is 3. The van der Waals surface area contributed by atoms with Crippen molar-refractivity contribution >= 4 is 15.9 Å². The molecule has 1 aromatic carbocycles. The molecule has 0 saturated carbocycles. The number of hydrogen-bond donors (Lipinski definition) is 1. The van der Waals surface area contributed by atoms with Crippen molar-refractivity contribution in [3.63, 3.8) is 0 Å². The molecule has 1 heterocycles. The van der Waals surface area contributed by atoms with Gasteiger partial charge in [0.15, 0.2) is 0 Å². The van der Waals surface area contributed by atoms with E-state index in [0.29, 0.717) is 16.6 Å².